The number of benzene rings is 2. The lowest BCUT2D eigenvalue weighted by Crippen LogP contribution is -2.50. The Labute approximate surface area is 180 Å². The summed E-state index contributed by atoms with van der Waals surface area (Å²) in [6.45, 7) is 7.91. The van der Waals surface area contributed by atoms with Crippen molar-refractivity contribution in [1.29, 1.82) is 0 Å². The molecular formula is C23H28N3O3P. The molecule has 7 heteroatoms. The fourth-order valence-corrected chi connectivity index (χ4v) is 4.50. The van der Waals surface area contributed by atoms with Gasteiger partial charge in [0, 0.05) is 37.6 Å². The topological polar surface area (TPSA) is 45.3 Å². The van der Waals surface area contributed by atoms with Crippen LogP contribution >= 0.6 is 9.39 Å². The molecule has 6 nitrogen and oxygen atoms in total. The number of morpholine rings is 1. The van der Waals surface area contributed by atoms with E-state index in [4.69, 9.17) is 9.47 Å². The van der Waals surface area contributed by atoms with Crippen molar-refractivity contribution in [3.8, 4) is 0 Å². The van der Waals surface area contributed by atoms with Crippen molar-refractivity contribution in [3.05, 3.63) is 72.8 Å². The van der Waals surface area contributed by atoms with Crippen LogP contribution in [0.4, 0.5) is 16.2 Å². The molecule has 158 valence electrons. The Kier molecular flexibility index (Phi) is 6.68. The Morgan fingerprint density at radius 3 is 2.70 bits per heavy atom. The number of anilines is 2. The van der Waals surface area contributed by atoms with Crippen molar-refractivity contribution in [3.63, 3.8) is 0 Å². The average Bonchev–Trinajstić information content (AvgIpc) is 3.17. The highest BCUT2D eigenvalue weighted by Crippen LogP contribution is 2.30. The molecule has 2 aromatic carbocycles. The highest BCUT2D eigenvalue weighted by atomic mass is 31.0. The number of rotatable bonds is 6. The Balaban J connectivity index is 1.45. The molecule has 2 saturated heterocycles. The van der Waals surface area contributed by atoms with Gasteiger partial charge in [-0.05, 0) is 29.8 Å². The van der Waals surface area contributed by atoms with Gasteiger partial charge in [-0.3, -0.25) is 9.57 Å². The summed E-state index contributed by atoms with van der Waals surface area (Å²) in [4.78, 5) is 16.7. The van der Waals surface area contributed by atoms with Crippen molar-refractivity contribution >= 4 is 26.9 Å². The zero-order valence-corrected chi connectivity index (χ0v) is 18.2. The molecule has 3 atom stereocenters. The summed E-state index contributed by atoms with van der Waals surface area (Å²) in [5.74, 6) is 0. The Morgan fingerprint density at radius 1 is 1.20 bits per heavy atom. The molecule has 0 saturated carbocycles. The highest BCUT2D eigenvalue weighted by Gasteiger charge is 2.39. The van der Waals surface area contributed by atoms with Crippen LogP contribution in [0.25, 0.3) is 0 Å². The van der Waals surface area contributed by atoms with Gasteiger partial charge in [-0.15, -0.1) is 6.58 Å². The quantitative estimate of drug-likeness (QED) is 0.522. The van der Waals surface area contributed by atoms with Crippen molar-refractivity contribution in [2.24, 2.45) is 0 Å². The van der Waals surface area contributed by atoms with Crippen molar-refractivity contribution in [1.82, 2.24) is 4.67 Å². The van der Waals surface area contributed by atoms with Gasteiger partial charge < -0.3 is 14.4 Å². The van der Waals surface area contributed by atoms with E-state index in [9.17, 15) is 4.79 Å². The van der Waals surface area contributed by atoms with Crippen LogP contribution in [0.15, 0.2) is 67.3 Å². The van der Waals surface area contributed by atoms with Gasteiger partial charge in [0.2, 0.25) is 0 Å². The normalized spacial score (nSPS) is 21.2. The number of nitrogens with zero attached hydrogens (tertiary/aromatic N) is 3. The molecule has 30 heavy (non-hydrogen) atoms. The van der Waals surface area contributed by atoms with E-state index in [1.54, 1.807) is 11.0 Å². The first-order valence-corrected chi connectivity index (χ1v) is 10.7. The monoisotopic (exact) mass is 425 g/mol. The predicted molar refractivity (Wildman–Crippen MR) is 123 cm³/mol. The minimum absolute atomic E-state index is 0.237. The number of hydrogen-bond acceptors (Lipinski definition) is 5. The lowest BCUT2D eigenvalue weighted by molar-refractivity contribution is 0.0334. The standard InChI is InChI=1S/C23H28N3O3P/c1-2-12-26(23(27)29-17-18-6-4-3-5-7-18)20-10-8-19(9-11-20)25-13-14-28-22-16-24(30)15-21(22)25/h2-11,21-22H,1,12-17,30H2. The summed E-state index contributed by atoms with van der Waals surface area (Å²) < 4.78 is 13.7. The molecule has 0 aliphatic carbocycles. The maximum Gasteiger partial charge on any atom is 0.414 e. The summed E-state index contributed by atoms with van der Waals surface area (Å²) in [6.07, 6.45) is 1.56. The first-order chi connectivity index (χ1) is 14.7. The number of hydrogen-bond donors (Lipinski definition) is 0. The van der Waals surface area contributed by atoms with Crippen LogP contribution in [0.5, 0.6) is 0 Å². The first-order valence-electron chi connectivity index (χ1n) is 10.2. The average molecular weight is 425 g/mol. The van der Waals surface area contributed by atoms with Crippen molar-refractivity contribution in [2.45, 2.75) is 18.8 Å². The van der Waals surface area contributed by atoms with Gasteiger partial charge >= 0.3 is 6.09 Å². The molecule has 2 heterocycles. The number of ether oxygens (including phenoxy) is 2. The molecule has 0 N–H and O–H groups in total. The van der Waals surface area contributed by atoms with E-state index in [-0.39, 0.29) is 18.8 Å². The first kappa shape index (κ1) is 20.9. The summed E-state index contributed by atoms with van der Waals surface area (Å²) in [6, 6.07) is 18.1. The third kappa shape index (κ3) is 4.67. The van der Waals surface area contributed by atoms with Crippen LogP contribution in [0, 0.1) is 0 Å². The largest absolute Gasteiger partial charge is 0.444 e. The Morgan fingerprint density at radius 2 is 1.97 bits per heavy atom. The zero-order valence-electron chi connectivity index (χ0n) is 17.0. The zero-order chi connectivity index (χ0) is 20.9. The van der Waals surface area contributed by atoms with Crippen molar-refractivity contribution in [2.75, 3.05) is 42.6 Å². The van der Waals surface area contributed by atoms with Gasteiger partial charge in [-0.25, -0.2) is 4.79 Å². The fourth-order valence-electron chi connectivity index (χ4n) is 4.07. The molecular weight excluding hydrogens is 397 g/mol. The van der Waals surface area contributed by atoms with E-state index in [0.717, 1.165) is 43.2 Å². The van der Waals surface area contributed by atoms with Crippen LogP contribution in [0.1, 0.15) is 5.56 Å². The smallest absolute Gasteiger partial charge is 0.414 e. The lowest BCUT2D eigenvalue weighted by Gasteiger charge is -2.38. The molecule has 3 unspecified atom stereocenters. The number of amides is 1. The van der Waals surface area contributed by atoms with Gasteiger partial charge in [-0.1, -0.05) is 45.8 Å². The maximum atomic E-state index is 12.7. The second-order valence-corrected chi connectivity index (χ2v) is 8.31. The molecule has 2 fully saturated rings. The third-order valence-electron chi connectivity index (χ3n) is 5.56. The molecule has 2 aliphatic heterocycles. The molecule has 2 aliphatic rings. The number of carbonyl (C=O) groups excluding carboxylic acids is 1. The predicted octanol–water partition coefficient (Wildman–Crippen LogP) is 3.70. The highest BCUT2D eigenvalue weighted by molar-refractivity contribution is 7.13. The maximum absolute atomic E-state index is 12.7. The van der Waals surface area contributed by atoms with Gasteiger partial charge in [0.05, 0.1) is 18.8 Å². The van der Waals surface area contributed by atoms with E-state index in [1.807, 2.05) is 42.5 Å². The number of fused-ring (bicyclic) bond motifs is 1. The van der Waals surface area contributed by atoms with Crippen LogP contribution in [0.3, 0.4) is 0 Å². The minimum atomic E-state index is -0.382. The van der Waals surface area contributed by atoms with Gasteiger partial charge in [-0.2, -0.15) is 0 Å². The van der Waals surface area contributed by atoms with E-state index in [2.05, 4.69) is 37.7 Å². The second-order valence-electron chi connectivity index (χ2n) is 7.58. The van der Waals surface area contributed by atoms with E-state index in [1.165, 1.54) is 0 Å². The molecule has 4 rings (SSSR count). The molecule has 0 bridgehead atoms. The van der Waals surface area contributed by atoms with Gasteiger partial charge in [0.1, 0.15) is 6.61 Å². The summed E-state index contributed by atoms with van der Waals surface area (Å²) in [5, 5.41) is 0. The Bertz CT molecular complexity index is 862. The molecule has 1 amide bonds. The fraction of sp³-hybridized carbons (Fsp3) is 0.348. The van der Waals surface area contributed by atoms with Crippen LogP contribution in [-0.4, -0.2) is 55.7 Å². The Hall–Kier alpha value is -2.40. The molecule has 0 aromatic heterocycles. The minimum Gasteiger partial charge on any atom is -0.444 e. The summed E-state index contributed by atoms with van der Waals surface area (Å²) in [5.41, 5.74) is 2.90. The van der Waals surface area contributed by atoms with E-state index < -0.39 is 0 Å². The second kappa shape index (κ2) is 9.61. The molecule has 0 spiro atoms. The van der Waals surface area contributed by atoms with Gasteiger partial charge in [0.15, 0.2) is 0 Å². The molecule has 2 aromatic rings. The lowest BCUT2D eigenvalue weighted by atomic mass is 10.1. The van der Waals surface area contributed by atoms with Crippen LogP contribution < -0.4 is 9.80 Å². The van der Waals surface area contributed by atoms with Crippen LogP contribution in [0.2, 0.25) is 0 Å². The van der Waals surface area contributed by atoms with Gasteiger partial charge in [0.25, 0.3) is 0 Å². The van der Waals surface area contributed by atoms with Crippen molar-refractivity contribution < 1.29 is 14.3 Å². The summed E-state index contributed by atoms with van der Waals surface area (Å²) in [7, 11) is 2.78. The molecule has 0 radical (unpaired) electrons. The van der Waals surface area contributed by atoms with E-state index >= 15 is 0 Å². The summed E-state index contributed by atoms with van der Waals surface area (Å²) >= 11 is 0. The SMILES string of the molecule is C=CCN(C(=O)OCc1ccccc1)c1ccc(N2CCOC3CN(P)CC32)cc1. The third-order valence-corrected chi connectivity index (χ3v) is 5.98. The number of carbonyl (C=O) groups is 1. The van der Waals surface area contributed by atoms with E-state index in [0.29, 0.717) is 12.6 Å². The van der Waals surface area contributed by atoms with Crippen LogP contribution in [-0.2, 0) is 16.1 Å².